The molecule has 0 atom stereocenters. The van der Waals surface area contributed by atoms with Crippen molar-refractivity contribution in [2.75, 3.05) is 5.43 Å². The molecule has 2 aromatic rings. The van der Waals surface area contributed by atoms with E-state index in [1.165, 1.54) is 12.1 Å². The molecule has 0 unspecified atom stereocenters. The number of hydrazone groups is 1. The third-order valence-corrected chi connectivity index (χ3v) is 2.92. The van der Waals surface area contributed by atoms with Gasteiger partial charge >= 0.3 is 6.18 Å². The predicted molar refractivity (Wildman–Crippen MR) is 84.1 cm³/mol. The van der Waals surface area contributed by atoms with Crippen molar-refractivity contribution < 1.29 is 13.2 Å². The minimum Gasteiger partial charge on any atom is -0.276 e. The summed E-state index contributed by atoms with van der Waals surface area (Å²) in [4.78, 5) is 0. The van der Waals surface area contributed by atoms with Crippen LogP contribution in [-0.4, -0.2) is 5.84 Å². The largest absolute Gasteiger partial charge is 0.416 e. The molecule has 0 bridgehead atoms. The van der Waals surface area contributed by atoms with Crippen molar-refractivity contribution in [2.24, 2.45) is 15.3 Å². The van der Waals surface area contributed by atoms with Crippen LogP contribution in [0.2, 0.25) is 5.02 Å². The number of hydrogen-bond acceptors (Lipinski definition) is 4. The number of anilines is 1. The van der Waals surface area contributed by atoms with Gasteiger partial charge < -0.3 is 0 Å². The normalized spacial score (nSPS) is 12.2. The Hall–Kier alpha value is -2.92. The van der Waals surface area contributed by atoms with Gasteiger partial charge in [-0.25, -0.2) is 0 Å². The van der Waals surface area contributed by atoms with Crippen LogP contribution in [0.15, 0.2) is 63.9 Å². The lowest BCUT2D eigenvalue weighted by molar-refractivity contribution is -0.137. The van der Waals surface area contributed by atoms with Gasteiger partial charge in [0.1, 0.15) is 6.07 Å². The summed E-state index contributed by atoms with van der Waals surface area (Å²) in [6, 6.07) is 12.4. The van der Waals surface area contributed by atoms with E-state index in [1.807, 2.05) is 0 Å². The van der Waals surface area contributed by atoms with E-state index in [1.54, 1.807) is 30.3 Å². The molecular formula is C15H9ClF3N5. The number of benzene rings is 2. The molecular weight excluding hydrogens is 343 g/mol. The van der Waals surface area contributed by atoms with Gasteiger partial charge in [-0.15, -0.1) is 15.3 Å². The lowest BCUT2D eigenvalue weighted by Gasteiger charge is -2.07. The van der Waals surface area contributed by atoms with Gasteiger partial charge in [0.25, 0.3) is 5.84 Å². The number of nitrogens with one attached hydrogen (secondary N) is 1. The summed E-state index contributed by atoms with van der Waals surface area (Å²) in [5, 5.41) is 20.5. The molecule has 0 saturated carbocycles. The molecule has 0 saturated heterocycles. The number of nitrogens with zero attached hydrogens (tertiary/aromatic N) is 4. The molecule has 0 aliphatic rings. The zero-order valence-electron chi connectivity index (χ0n) is 11.9. The number of halogens is 4. The molecule has 1 N–H and O–H groups in total. The second-order valence-corrected chi connectivity index (χ2v) is 4.85. The highest BCUT2D eigenvalue weighted by molar-refractivity contribution is 6.30. The molecule has 2 rings (SSSR count). The molecule has 0 aromatic heterocycles. The van der Waals surface area contributed by atoms with Gasteiger partial charge in [-0.1, -0.05) is 17.7 Å². The van der Waals surface area contributed by atoms with Crippen molar-refractivity contribution in [1.29, 1.82) is 5.26 Å². The molecule has 0 amide bonds. The van der Waals surface area contributed by atoms with Gasteiger partial charge in [0.2, 0.25) is 0 Å². The molecule has 9 heteroatoms. The van der Waals surface area contributed by atoms with Crippen LogP contribution < -0.4 is 5.43 Å². The summed E-state index contributed by atoms with van der Waals surface area (Å²) < 4.78 is 37.8. The summed E-state index contributed by atoms with van der Waals surface area (Å²) in [7, 11) is 0. The van der Waals surface area contributed by atoms with Crippen LogP contribution in [0.25, 0.3) is 0 Å². The van der Waals surface area contributed by atoms with Gasteiger partial charge in [0.05, 0.1) is 16.9 Å². The Labute approximate surface area is 140 Å². The highest BCUT2D eigenvalue weighted by Crippen LogP contribution is 2.30. The van der Waals surface area contributed by atoms with Crippen LogP contribution in [0.4, 0.5) is 24.5 Å². The first kappa shape index (κ1) is 17.4. The lowest BCUT2D eigenvalue weighted by Crippen LogP contribution is -2.05. The third-order valence-electron chi connectivity index (χ3n) is 2.67. The van der Waals surface area contributed by atoms with Crippen LogP contribution in [0.5, 0.6) is 0 Å². The lowest BCUT2D eigenvalue weighted by atomic mass is 10.2. The van der Waals surface area contributed by atoms with Crippen LogP contribution in [0, 0.1) is 11.3 Å². The molecule has 5 nitrogen and oxygen atoms in total. The highest BCUT2D eigenvalue weighted by atomic mass is 35.5. The van der Waals surface area contributed by atoms with E-state index >= 15 is 0 Å². The fourth-order valence-corrected chi connectivity index (χ4v) is 1.69. The van der Waals surface area contributed by atoms with Gasteiger partial charge in [-0.2, -0.15) is 18.4 Å². The summed E-state index contributed by atoms with van der Waals surface area (Å²) in [6.07, 6.45) is -4.46. The second-order valence-electron chi connectivity index (χ2n) is 4.41. The van der Waals surface area contributed by atoms with Gasteiger partial charge in [0, 0.05) is 5.02 Å². The smallest absolute Gasteiger partial charge is 0.276 e. The van der Waals surface area contributed by atoms with Crippen molar-refractivity contribution in [3.05, 3.63) is 59.1 Å². The van der Waals surface area contributed by atoms with E-state index in [0.717, 1.165) is 12.1 Å². The van der Waals surface area contributed by atoms with Gasteiger partial charge in [0.15, 0.2) is 0 Å². The van der Waals surface area contributed by atoms with Crippen molar-refractivity contribution >= 4 is 28.8 Å². The van der Waals surface area contributed by atoms with E-state index in [0.29, 0.717) is 10.7 Å². The standard InChI is InChI=1S/C15H9ClF3N5/c16-11-4-6-12(7-5-11)21-23-14(9-20)24-22-13-3-1-2-10(8-13)15(17,18)19/h1-8,22H/b23-21+,24-14+. The molecule has 0 spiro atoms. The highest BCUT2D eigenvalue weighted by Gasteiger charge is 2.30. The first-order valence-corrected chi connectivity index (χ1v) is 6.84. The average Bonchev–Trinajstić information content (AvgIpc) is 2.56. The van der Waals surface area contributed by atoms with Crippen LogP contribution in [-0.2, 0) is 6.18 Å². The van der Waals surface area contributed by atoms with E-state index in [-0.39, 0.29) is 11.5 Å². The molecule has 0 aliphatic heterocycles. The zero-order chi connectivity index (χ0) is 17.6. The maximum atomic E-state index is 12.6. The van der Waals surface area contributed by atoms with Gasteiger partial charge in [-0.05, 0) is 42.5 Å². The molecule has 24 heavy (non-hydrogen) atoms. The molecule has 0 fully saturated rings. The Morgan fingerprint density at radius 1 is 1.12 bits per heavy atom. The van der Waals surface area contributed by atoms with Crippen molar-refractivity contribution in [1.82, 2.24) is 0 Å². The molecule has 0 radical (unpaired) electrons. The van der Waals surface area contributed by atoms with Crippen molar-refractivity contribution in [2.45, 2.75) is 6.18 Å². The fourth-order valence-electron chi connectivity index (χ4n) is 1.57. The minimum absolute atomic E-state index is 0.0688. The number of nitriles is 1. The monoisotopic (exact) mass is 351 g/mol. The van der Waals surface area contributed by atoms with Crippen LogP contribution in [0.3, 0.4) is 0 Å². The van der Waals surface area contributed by atoms with E-state index < -0.39 is 11.7 Å². The maximum absolute atomic E-state index is 12.6. The van der Waals surface area contributed by atoms with Gasteiger partial charge in [-0.3, -0.25) is 5.43 Å². The van der Waals surface area contributed by atoms with E-state index in [4.69, 9.17) is 16.9 Å². The Kier molecular flexibility index (Phi) is 5.50. The van der Waals surface area contributed by atoms with E-state index in [2.05, 4.69) is 20.8 Å². The third kappa shape index (κ3) is 5.07. The molecule has 2 aromatic carbocycles. The summed E-state index contributed by atoms with van der Waals surface area (Å²) in [5.74, 6) is -0.345. The van der Waals surface area contributed by atoms with Crippen LogP contribution >= 0.6 is 11.6 Å². The maximum Gasteiger partial charge on any atom is 0.416 e. The van der Waals surface area contributed by atoms with E-state index in [9.17, 15) is 13.2 Å². The van der Waals surface area contributed by atoms with Crippen LogP contribution in [0.1, 0.15) is 5.56 Å². The average molecular weight is 352 g/mol. The molecule has 122 valence electrons. The first-order chi connectivity index (χ1) is 11.4. The second kappa shape index (κ2) is 7.57. The Bertz CT molecular complexity index is 807. The summed E-state index contributed by atoms with van der Waals surface area (Å²) in [5.41, 5.74) is 2.03. The first-order valence-electron chi connectivity index (χ1n) is 6.47. The zero-order valence-corrected chi connectivity index (χ0v) is 12.7. The number of hydrogen-bond donors (Lipinski definition) is 1. The summed E-state index contributed by atoms with van der Waals surface area (Å²) in [6.45, 7) is 0. The molecule has 0 aliphatic carbocycles. The minimum atomic E-state index is -4.46. The Balaban J connectivity index is 2.11. The Morgan fingerprint density at radius 3 is 2.46 bits per heavy atom. The SMILES string of the molecule is N#CC(/N=N/c1ccc(Cl)cc1)=N\Nc1cccc(C(F)(F)F)c1. The topological polar surface area (TPSA) is 72.9 Å². The number of alkyl halides is 3. The predicted octanol–water partition coefficient (Wildman–Crippen LogP) is 5.39. The summed E-state index contributed by atoms with van der Waals surface area (Å²) >= 11 is 5.73. The number of rotatable bonds is 3. The van der Waals surface area contributed by atoms with Crippen molar-refractivity contribution in [3.8, 4) is 6.07 Å². The number of amidine groups is 1. The van der Waals surface area contributed by atoms with Crippen molar-refractivity contribution in [3.63, 3.8) is 0 Å². The quantitative estimate of drug-likeness (QED) is 0.348. The Morgan fingerprint density at radius 2 is 1.83 bits per heavy atom. The molecule has 0 heterocycles. The fraction of sp³-hybridized carbons (Fsp3) is 0.0667. The number of azo groups is 1.